The van der Waals surface area contributed by atoms with E-state index in [1.54, 1.807) is 30.5 Å². The molecule has 1 heterocycles. The zero-order chi connectivity index (χ0) is 15.4. The summed E-state index contributed by atoms with van der Waals surface area (Å²) in [6.45, 7) is 1.40. The molecule has 2 aromatic rings. The molecule has 5 nitrogen and oxygen atoms in total. The van der Waals surface area contributed by atoms with E-state index >= 15 is 0 Å². The quantitative estimate of drug-likeness (QED) is 0.867. The fourth-order valence-corrected chi connectivity index (χ4v) is 2.22. The van der Waals surface area contributed by atoms with Gasteiger partial charge in [-0.05, 0) is 40.2 Å². The highest BCUT2D eigenvalue weighted by molar-refractivity contribution is 9.10. The van der Waals surface area contributed by atoms with E-state index in [0.717, 1.165) is 0 Å². The number of amides is 2. The molecule has 0 unspecified atom stereocenters. The first-order valence-corrected chi connectivity index (χ1v) is 7.12. The number of nitrogens with zero attached hydrogens (tertiary/aromatic N) is 1. The van der Waals surface area contributed by atoms with Crippen molar-refractivity contribution in [3.8, 4) is 0 Å². The van der Waals surface area contributed by atoms with E-state index < -0.39 is 0 Å². The minimum Gasteiger partial charge on any atom is -0.325 e. The number of hydrogen-bond donors (Lipinski definition) is 2. The van der Waals surface area contributed by atoms with Crippen LogP contribution in [0, 0.1) is 0 Å². The standard InChI is InChI=1S/C14H11BrClN3O2/c1-8(20)18-13-3-2-11(5-12(13)16)19-14(21)9-4-10(15)7-17-6-9/h2-7H,1H3,(H,18,20)(H,19,21). The molecule has 0 radical (unpaired) electrons. The first-order valence-electron chi connectivity index (χ1n) is 5.95. The van der Waals surface area contributed by atoms with Gasteiger partial charge in [0, 0.05) is 29.5 Å². The lowest BCUT2D eigenvalue weighted by Crippen LogP contribution is -2.12. The summed E-state index contributed by atoms with van der Waals surface area (Å²) in [7, 11) is 0. The number of benzene rings is 1. The van der Waals surface area contributed by atoms with Crippen molar-refractivity contribution in [3.63, 3.8) is 0 Å². The highest BCUT2D eigenvalue weighted by Gasteiger charge is 2.09. The van der Waals surface area contributed by atoms with E-state index in [9.17, 15) is 9.59 Å². The minimum atomic E-state index is -0.299. The Morgan fingerprint density at radius 3 is 2.57 bits per heavy atom. The average molecular weight is 369 g/mol. The average Bonchev–Trinajstić information content (AvgIpc) is 2.41. The largest absolute Gasteiger partial charge is 0.325 e. The maximum atomic E-state index is 12.1. The van der Waals surface area contributed by atoms with Crippen LogP contribution in [-0.4, -0.2) is 16.8 Å². The molecule has 1 aromatic carbocycles. The van der Waals surface area contributed by atoms with Gasteiger partial charge in [0.2, 0.25) is 5.91 Å². The van der Waals surface area contributed by atoms with Crippen LogP contribution in [0.25, 0.3) is 0 Å². The van der Waals surface area contributed by atoms with E-state index in [0.29, 0.717) is 26.4 Å². The molecule has 0 aliphatic carbocycles. The molecule has 0 bridgehead atoms. The van der Waals surface area contributed by atoms with E-state index in [-0.39, 0.29) is 11.8 Å². The van der Waals surface area contributed by atoms with Crippen LogP contribution in [0.2, 0.25) is 5.02 Å². The van der Waals surface area contributed by atoms with Gasteiger partial charge in [0.15, 0.2) is 0 Å². The van der Waals surface area contributed by atoms with Crippen LogP contribution in [0.1, 0.15) is 17.3 Å². The Balaban J connectivity index is 2.15. The molecule has 0 saturated carbocycles. The number of aromatic nitrogens is 1. The maximum Gasteiger partial charge on any atom is 0.257 e. The molecule has 0 fully saturated rings. The topological polar surface area (TPSA) is 71.1 Å². The second-order valence-corrected chi connectivity index (χ2v) is 5.54. The summed E-state index contributed by atoms with van der Waals surface area (Å²) in [5, 5.41) is 5.65. The molecule has 2 N–H and O–H groups in total. The van der Waals surface area contributed by atoms with Crippen LogP contribution in [0.5, 0.6) is 0 Å². The van der Waals surface area contributed by atoms with Gasteiger partial charge in [0.05, 0.1) is 16.3 Å². The second kappa shape index (κ2) is 6.69. The number of halogens is 2. The smallest absolute Gasteiger partial charge is 0.257 e. The minimum absolute atomic E-state index is 0.214. The first kappa shape index (κ1) is 15.5. The number of hydrogen-bond acceptors (Lipinski definition) is 3. The van der Waals surface area contributed by atoms with Gasteiger partial charge >= 0.3 is 0 Å². The third-order valence-corrected chi connectivity index (χ3v) is 3.25. The van der Waals surface area contributed by atoms with Crippen molar-refractivity contribution in [2.45, 2.75) is 6.92 Å². The lowest BCUT2D eigenvalue weighted by molar-refractivity contribution is -0.114. The molecule has 1 aromatic heterocycles. The summed E-state index contributed by atoms with van der Waals surface area (Å²) in [6.07, 6.45) is 3.06. The molecule has 0 aliphatic rings. The molecule has 7 heteroatoms. The molecule has 21 heavy (non-hydrogen) atoms. The molecule has 108 valence electrons. The molecular weight excluding hydrogens is 358 g/mol. The van der Waals surface area contributed by atoms with Crippen LogP contribution < -0.4 is 10.6 Å². The molecule has 2 rings (SSSR count). The van der Waals surface area contributed by atoms with Gasteiger partial charge in [-0.2, -0.15) is 0 Å². The first-order chi connectivity index (χ1) is 9.95. The summed E-state index contributed by atoms with van der Waals surface area (Å²) in [4.78, 5) is 27.0. The Morgan fingerprint density at radius 1 is 1.19 bits per heavy atom. The van der Waals surface area contributed by atoms with Crippen LogP contribution in [0.4, 0.5) is 11.4 Å². The van der Waals surface area contributed by atoms with Crippen molar-refractivity contribution in [2.24, 2.45) is 0 Å². The van der Waals surface area contributed by atoms with Crippen molar-refractivity contribution >= 4 is 50.7 Å². The van der Waals surface area contributed by atoms with Crippen molar-refractivity contribution in [2.75, 3.05) is 10.6 Å². The third-order valence-electron chi connectivity index (χ3n) is 2.50. The molecule has 2 amide bonds. The molecule has 0 aliphatic heterocycles. The monoisotopic (exact) mass is 367 g/mol. The molecule has 0 saturated heterocycles. The van der Waals surface area contributed by atoms with E-state index in [2.05, 4.69) is 31.5 Å². The highest BCUT2D eigenvalue weighted by Crippen LogP contribution is 2.25. The maximum absolute atomic E-state index is 12.1. The van der Waals surface area contributed by atoms with Gasteiger partial charge < -0.3 is 10.6 Å². The summed E-state index contributed by atoms with van der Waals surface area (Å²) < 4.78 is 0.717. The van der Waals surface area contributed by atoms with E-state index in [4.69, 9.17) is 11.6 Å². The molecular formula is C14H11BrClN3O2. The second-order valence-electron chi connectivity index (χ2n) is 4.22. The Morgan fingerprint density at radius 2 is 1.95 bits per heavy atom. The van der Waals surface area contributed by atoms with E-state index in [1.807, 2.05) is 0 Å². The summed E-state index contributed by atoms with van der Waals surface area (Å²) in [5.74, 6) is -0.513. The van der Waals surface area contributed by atoms with Crippen LogP contribution in [0.3, 0.4) is 0 Å². The van der Waals surface area contributed by atoms with Crippen molar-refractivity contribution in [1.29, 1.82) is 0 Å². The summed E-state index contributed by atoms with van der Waals surface area (Å²) in [5.41, 5.74) is 1.44. The van der Waals surface area contributed by atoms with Crippen molar-refractivity contribution < 1.29 is 9.59 Å². The van der Waals surface area contributed by atoms with Crippen molar-refractivity contribution in [1.82, 2.24) is 4.98 Å². The fraction of sp³-hybridized carbons (Fsp3) is 0.0714. The molecule has 0 spiro atoms. The predicted molar refractivity (Wildman–Crippen MR) is 85.6 cm³/mol. The van der Waals surface area contributed by atoms with Crippen molar-refractivity contribution in [3.05, 3.63) is 51.7 Å². The highest BCUT2D eigenvalue weighted by atomic mass is 79.9. The van der Waals surface area contributed by atoms with Gasteiger partial charge in [-0.1, -0.05) is 11.6 Å². The Labute approximate surface area is 134 Å². The third kappa shape index (κ3) is 4.27. The van der Waals surface area contributed by atoms with Crippen LogP contribution >= 0.6 is 27.5 Å². The lowest BCUT2D eigenvalue weighted by atomic mass is 10.2. The van der Waals surface area contributed by atoms with E-state index in [1.165, 1.54) is 13.1 Å². The van der Waals surface area contributed by atoms with Gasteiger partial charge in [-0.15, -0.1) is 0 Å². The number of carbonyl (C=O) groups excluding carboxylic acids is 2. The van der Waals surface area contributed by atoms with Gasteiger partial charge in [-0.3, -0.25) is 14.6 Å². The normalized spacial score (nSPS) is 10.0. The Kier molecular flexibility index (Phi) is 4.93. The van der Waals surface area contributed by atoms with Crippen LogP contribution in [-0.2, 0) is 4.79 Å². The number of carbonyl (C=O) groups is 2. The summed E-state index contributed by atoms with van der Waals surface area (Å²) >= 11 is 9.30. The zero-order valence-electron chi connectivity index (χ0n) is 11.0. The predicted octanol–water partition coefficient (Wildman–Crippen LogP) is 3.71. The number of nitrogens with one attached hydrogen (secondary N) is 2. The fourth-order valence-electron chi connectivity index (χ4n) is 1.62. The zero-order valence-corrected chi connectivity index (χ0v) is 13.3. The number of rotatable bonds is 3. The Bertz CT molecular complexity index is 706. The van der Waals surface area contributed by atoms with Gasteiger partial charge in [0.25, 0.3) is 5.91 Å². The van der Waals surface area contributed by atoms with Crippen LogP contribution in [0.15, 0.2) is 41.1 Å². The van der Waals surface area contributed by atoms with Gasteiger partial charge in [0.1, 0.15) is 0 Å². The number of pyridine rings is 1. The molecule has 0 atom stereocenters. The lowest BCUT2D eigenvalue weighted by Gasteiger charge is -2.09. The van der Waals surface area contributed by atoms with Gasteiger partial charge in [-0.25, -0.2) is 0 Å². The number of anilines is 2. The Hall–Kier alpha value is -1.92. The SMILES string of the molecule is CC(=O)Nc1ccc(NC(=O)c2cncc(Br)c2)cc1Cl. The summed E-state index contributed by atoms with van der Waals surface area (Å²) in [6, 6.07) is 6.50.